The van der Waals surface area contributed by atoms with Crippen LogP contribution in [0.25, 0.3) is 16.5 Å². The van der Waals surface area contributed by atoms with Gasteiger partial charge >= 0.3 is 12.0 Å². The highest BCUT2D eigenvalue weighted by Crippen LogP contribution is 2.35. The Morgan fingerprint density at radius 3 is 2.43 bits per heavy atom. The summed E-state index contributed by atoms with van der Waals surface area (Å²) in [5.41, 5.74) is 12.7. The van der Waals surface area contributed by atoms with Gasteiger partial charge in [0.1, 0.15) is 17.1 Å². The van der Waals surface area contributed by atoms with Gasteiger partial charge in [-0.3, -0.25) is 14.9 Å². The Morgan fingerprint density at radius 2 is 1.83 bits per heavy atom. The standard InChI is InChI=1S/C26H34N4O4S/c1-16(2)14-21(25(32)34-19-7-3-4-8-19)29-13-5-6-17-9-11-18(12-10-17)22-15-20(23(27)31)24(35-22)30-26(28)33/h5-6,9-12,15-16,19,21,29H,3-4,7-8,13-14H2,1-2H3,(H2,27,31)(H3,28,30,33)/b6-5+/t21-/m1/s1. The van der Waals surface area contributed by atoms with E-state index in [4.69, 9.17) is 16.2 Å². The number of urea groups is 1. The van der Waals surface area contributed by atoms with Gasteiger partial charge in [0, 0.05) is 11.4 Å². The van der Waals surface area contributed by atoms with Crippen molar-refractivity contribution in [2.45, 2.75) is 58.1 Å². The van der Waals surface area contributed by atoms with Crippen molar-refractivity contribution in [2.24, 2.45) is 17.4 Å². The number of nitrogens with one attached hydrogen (secondary N) is 2. The van der Waals surface area contributed by atoms with E-state index in [1.54, 1.807) is 6.07 Å². The van der Waals surface area contributed by atoms with Crippen molar-refractivity contribution in [2.75, 3.05) is 11.9 Å². The Balaban J connectivity index is 1.59. The number of carbonyl (C=O) groups is 3. The number of primary amides is 2. The summed E-state index contributed by atoms with van der Waals surface area (Å²) in [6.45, 7) is 4.75. The summed E-state index contributed by atoms with van der Waals surface area (Å²) in [6.07, 6.45) is 8.96. The molecule has 9 heteroatoms. The van der Waals surface area contributed by atoms with E-state index in [0.717, 1.165) is 48.1 Å². The van der Waals surface area contributed by atoms with Crippen LogP contribution in [0.5, 0.6) is 0 Å². The molecule has 1 aliphatic rings. The van der Waals surface area contributed by atoms with E-state index >= 15 is 0 Å². The number of benzene rings is 1. The second-order valence-corrected chi connectivity index (χ2v) is 10.2. The molecular formula is C26H34N4O4S. The van der Waals surface area contributed by atoms with Crippen LogP contribution in [0.4, 0.5) is 9.80 Å². The van der Waals surface area contributed by atoms with Crippen LogP contribution < -0.4 is 22.1 Å². The van der Waals surface area contributed by atoms with Gasteiger partial charge < -0.3 is 21.5 Å². The highest BCUT2D eigenvalue weighted by atomic mass is 32.1. The number of hydrogen-bond acceptors (Lipinski definition) is 6. The van der Waals surface area contributed by atoms with Crippen molar-refractivity contribution in [1.29, 1.82) is 0 Å². The van der Waals surface area contributed by atoms with E-state index in [0.29, 0.717) is 17.5 Å². The lowest BCUT2D eigenvalue weighted by Gasteiger charge is -2.21. The largest absolute Gasteiger partial charge is 0.461 e. The van der Waals surface area contributed by atoms with Crippen molar-refractivity contribution in [3.63, 3.8) is 0 Å². The maximum absolute atomic E-state index is 12.6. The summed E-state index contributed by atoms with van der Waals surface area (Å²) in [5.74, 6) is -0.405. The van der Waals surface area contributed by atoms with Crippen molar-refractivity contribution >= 4 is 40.3 Å². The molecule has 1 aromatic heterocycles. The Kier molecular flexibility index (Phi) is 9.45. The van der Waals surface area contributed by atoms with E-state index in [2.05, 4.69) is 24.5 Å². The van der Waals surface area contributed by atoms with E-state index in [1.165, 1.54) is 11.3 Å². The lowest BCUT2D eigenvalue weighted by Crippen LogP contribution is -2.40. The van der Waals surface area contributed by atoms with E-state index in [1.807, 2.05) is 36.4 Å². The zero-order valence-electron chi connectivity index (χ0n) is 20.2. The fourth-order valence-electron chi connectivity index (χ4n) is 4.07. The predicted octanol–water partition coefficient (Wildman–Crippen LogP) is 4.51. The minimum absolute atomic E-state index is 0.0677. The van der Waals surface area contributed by atoms with Crippen molar-refractivity contribution in [3.8, 4) is 10.4 Å². The summed E-state index contributed by atoms with van der Waals surface area (Å²) in [5, 5.41) is 6.09. The number of hydrogen-bond donors (Lipinski definition) is 4. The van der Waals surface area contributed by atoms with Crippen LogP contribution >= 0.6 is 11.3 Å². The van der Waals surface area contributed by atoms with Gasteiger partial charge in [0.25, 0.3) is 5.91 Å². The first-order valence-electron chi connectivity index (χ1n) is 11.9. The van der Waals surface area contributed by atoms with E-state index in [9.17, 15) is 14.4 Å². The van der Waals surface area contributed by atoms with Crippen LogP contribution in [0.15, 0.2) is 36.4 Å². The summed E-state index contributed by atoms with van der Waals surface area (Å²) < 4.78 is 5.71. The Hall–Kier alpha value is -3.17. The van der Waals surface area contributed by atoms with Crippen LogP contribution in [0, 0.1) is 5.92 Å². The fraction of sp³-hybridized carbons (Fsp3) is 0.423. The van der Waals surface area contributed by atoms with E-state index in [-0.39, 0.29) is 23.7 Å². The molecule has 1 heterocycles. The molecule has 0 saturated heterocycles. The molecule has 8 nitrogen and oxygen atoms in total. The number of anilines is 1. The number of amides is 3. The van der Waals surface area contributed by atoms with Gasteiger partial charge in [0.05, 0.1) is 5.56 Å². The molecule has 1 aromatic carbocycles. The van der Waals surface area contributed by atoms with Gasteiger partial charge in [-0.15, -0.1) is 11.3 Å². The fourth-order valence-corrected chi connectivity index (χ4v) is 5.14. The first-order valence-corrected chi connectivity index (χ1v) is 12.8. The molecule has 1 fully saturated rings. The highest BCUT2D eigenvalue weighted by molar-refractivity contribution is 7.20. The molecule has 0 radical (unpaired) electrons. The number of nitrogens with two attached hydrogens (primary N) is 2. The summed E-state index contributed by atoms with van der Waals surface area (Å²) >= 11 is 1.23. The maximum Gasteiger partial charge on any atom is 0.323 e. The molecule has 0 aliphatic heterocycles. The van der Waals surface area contributed by atoms with Crippen molar-refractivity contribution in [1.82, 2.24) is 5.32 Å². The molecular weight excluding hydrogens is 464 g/mol. The minimum Gasteiger partial charge on any atom is -0.461 e. The van der Waals surface area contributed by atoms with Crippen LogP contribution in [0.1, 0.15) is 61.9 Å². The molecule has 0 unspecified atom stereocenters. The number of thiophene rings is 1. The predicted molar refractivity (Wildman–Crippen MR) is 140 cm³/mol. The van der Waals surface area contributed by atoms with Gasteiger partial charge in [-0.25, -0.2) is 4.79 Å². The molecule has 6 N–H and O–H groups in total. The highest BCUT2D eigenvalue weighted by Gasteiger charge is 2.25. The average molecular weight is 499 g/mol. The normalized spacial score (nSPS) is 14.9. The lowest BCUT2D eigenvalue weighted by molar-refractivity contribution is -0.151. The first kappa shape index (κ1) is 26.4. The zero-order chi connectivity index (χ0) is 25.4. The third kappa shape index (κ3) is 7.93. The molecule has 188 valence electrons. The van der Waals surface area contributed by atoms with E-state index < -0.39 is 11.9 Å². The third-order valence-corrected chi connectivity index (χ3v) is 6.90. The molecule has 3 amide bonds. The topological polar surface area (TPSA) is 137 Å². The molecule has 35 heavy (non-hydrogen) atoms. The van der Waals surface area contributed by atoms with Gasteiger partial charge in [-0.2, -0.15) is 0 Å². The SMILES string of the molecule is CC(C)C[C@@H](NC/C=C/c1ccc(-c2cc(C(N)=O)c(NC(N)=O)s2)cc1)C(=O)OC1CCCC1. The lowest BCUT2D eigenvalue weighted by atomic mass is 10.0. The molecule has 0 bridgehead atoms. The Labute approximate surface area is 210 Å². The number of ether oxygens (including phenoxy) is 1. The molecule has 1 atom stereocenters. The van der Waals surface area contributed by atoms with Crippen LogP contribution in [-0.2, 0) is 9.53 Å². The van der Waals surface area contributed by atoms with Crippen molar-refractivity contribution < 1.29 is 19.1 Å². The van der Waals surface area contributed by atoms with Gasteiger partial charge in [0.2, 0.25) is 0 Å². The monoisotopic (exact) mass is 498 g/mol. The molecule has 2 aromatic rings. The number of esters is 1. The quantitative estimate of drug-likeness (QED) is 0.338. The zero-order valence-corrected chi connectivity index (χ0v) is 21.0. The molecule has 3 rings (SSSR count). The summed E-state index contributed by atoms with van der Waals surface area (Å²) in [6, 6.07) is 8.35. The molecule has 1 saturated carbocycles. The minimum atomic E-state index is -0.752. The summed E-state index contributed by atoms with van der Waals surface area (Å²) in [4.78, 5) is 36.3. The second-order valence-electron chi connectivity index (χ2n) is 9.17. The maximum atomic E-state index is 12.6. The Morgan fingerprint density at radius 1 is 1.14 bits per heavy atom. The Bertz CT molecular complexity index is 1060. The van der Waals surface area contributed by atoms with Gasteiger partial charge in [-0.05, 0) is 55.2 Å². The average Bonchev–Trinajstić information content (AvgIpc) is 3.45. The number of carbonyl (C=O) groups excluding carboxylic acids is 3. The van der Waals surface area contributed by atoms with Crippen LogP contribution in [-0.4, -0.2) is 36.6 Å². The second kappa shape index (κ2) is 12.5. The van der Waals surface area contributed by atoms with Crippen molar-refractivity contribution in [3.05, 3.63) is 47.5 Å². The summed E-state index contributed by atoms with van der Waals surface area (Å²) in [7, 11) is 0. The third-order valence-electron chi connectivity index (χ3n) is 5.80. The van der Waals surface area contributed by atoms with Gasteiger partial charge in [0.15, 0.2) is 0 Å². The van der Waals surface area contributed by atoms with Crippen LogP contribution in [0.2, 0.25) is 0 Å². The molecule has 1 aliphatic carbocycles. The smallest absolute Gasteiger partial charge is 0.323 e. The van der Waals surface area contributed by atoms with Crippen LogP contribution in [0.3, 0.4) is 0 Å². The molecule has 0 spiro atoms. The van der Waals surface area contributed by atoms with Gasteiger partial charge in [-0.1, -0.05) is 50.3 Å². The first-order chi connectivity index (χ1) is 16.7. The number of rotatable bonds is 11.